The Morgan fingerprint density at radius 2 is 1.83 bits per heavy atom. The Morgan fingerprint density at radius 3 is 2.39 bits per heavy atom. The summed E-state index contributed by atoms with van der Waals surface area (Å²) in [6, 6.07) is 6.88. The third-order valence-corrected chi connectivity index (χ3v) is 3.55. The SMILES string of the molecule is CNC(C)c1cc2cc(C(C)(C)C)cc(C)c2o1. The van der Waals surface area contributed by atoms with Gasteiger partial charge in [-0.3, -0.25) is 0 Å². The summed E-state index contributed by atoms with van der Waals surface area (Å²) >= 11 is 0. The van der Waals surface area contributed by atoms with Crippen LogP contribution < -0.4 is 5.32 Å². The van der Waals surface area contributed by atoms with E-state index in [-0.39, 0.29) is 11.5 Å². The predicted molar refractivity (Wildman–Crippen MR) is 77.1 cm³/mol. The topological polar surface area (TPSA) is 25.2 Å². The predicted octanol–water partition coefficient (Wildman–Crippen LogP) is 4.32. The van der Waals surface area contributed by atoms with Crippen LogP contribution in [0.15, 0.2) is 22.6 Å². The Morgan fingerprint density at radius 1 is 1.17 bits per heavy atom. The van der Waals surface area contributed by atoms with Gasteiger partial charge < -0.3 is 9.73 Å². The zero-order chi connectivity index (χ0) is 13.5. The number of furan rings is 1. The second-order valence-electron chi connectivity index (χ2n) is 6.12. The highest BCUT2D eigenvalue weighted by Crippen LogP contribution is 2.32. The fourth-order valence-electron chi connectivity index (χ4n) is 2.14. The van der Waals surface area contributed by atoms with Crippen LogP contribution in [0.4, 0.5) is 0 Å². The van der Waals surface area contributed by atoms with Crippen molar-refractivity contribution in [2.24, 2.45) is 0 Å². The maximum absolute atomic E-state index is 5.96. The molecular weight excluding hydrogens is 222 g/mol. The van der Waals surface area contributed by atoms with Crippen molar-refractivity contribution in [1.82, 2.24) is 5.32 Å². The first-order chi connectivity index (χ1) is 8.32. The smallest absolute Gasteiger partial charge is 0.137 e. The van der Waals surface area contributed by atoms with Gasteiger partial charge in [0.05, 0.1) is 6.04 Å². The molecule has 0 bridgehead atoms. The molecule has 1 aromatic carbocycles. The third-order valence-electron chi connectivity index (χ3n) is 3.55. The van der Waals surface area contributed by atoms with Gasteiger partial charge in [-0.2, -0.15) is 0 Å². The maximum Gasteiger partial charge on any atom is 0.137 e. The van der Waals surface area contributed by atoms with E-state index in [0.717, 1.165) is 11.3 Å². The lowest BCUT2D eigenvalue weighted by atomic mass is 9.85. The summed E-state index contributed by atoms with van der Waals surface area (Å²) in [7, 11) is 1.95. The zero-order valence-corrected chi connectivity index (χ0v) is 12.2. The number of aryl methyl sites for hydroxylation is 1. The molecule has 1 unspecified atom stereocenters. The van der Waals surface area contributed by atoms with E-state index in [1.54, 1.807) is 0 Å². The standard InChI is InChI=1S/C16H23NO/c1-10-7-13(16(3,4)5)8-12-9-14(11(2)17-6)18-15(10)12/h7-9,11,17H,1-6H3. The van der Waals surface area contributed by atoms with Crippen LogP contribution in [-0.2, 0) is 5.41 Å². The minimum atomic E-state index is 0.172. The number of hydrogen-bond acceptors (Lipinski definition) is 2. The van der Waals surface area contributed by atoms with Crippen LogP contribution in [0.25, 0.3) is 11.0 Å². The monoisotopic (exact) mass is 245 g/mol. The Bertz CT molecular complexity index is 560. The molecule has 1 heterocycles. The summed E-state index contributed by atoms with van der Waals surface area (Å²) in [5, 5.41) is 4.42. The van der Waals surface area contributed by atoms with Gasteiger partial charge in [0.2, 0.25) is 0 Å². The molecule has 0 fully saturated rings. The molecule has 2 heteroatoms. The second kappa shape index (κ2) is 4.43. The average molecular weight is 245 g/mol. The van der Waals surface area contributed by atoms with Gasteiger partial charge in [0.25, 0.3) is 0 Å². The van der Waals surface area contributed by atoms with Gasteiger partial charge in [0.15, 0.2) is 0 Å². The van der Waals surface area contributed by atoms with Crippen molar-refractivity contribution in [3.63, 3.8) is 0 Å². The van der Waals surface area contributed by atoms with E-state index in [9.17, 15) is 0 Å². The van der Waals surface area contributed by atoms with Gasteiger partial charge in [-0.25, -0.2) is 0 Å². The van der Waals surface area contributed by atoms with Gasteiger partial charge in [0, 0.05) is 5.39 Å². The molecule has 0 aliphatic rings. The van der Waals surface area contributed by atoms with Crippen LogP contribution in [0.5, 0.6) is 0 Å². The van der Waals surface area contributed by atoms with Crippen molar-refractivity contribution >= 4 is 11.0 Å². The largest absolute Gasteiger partial charge is 0.459 e. The minimum Gasteiger partial charge on any atom is -0.459 e. The van der Waals surface area contributed by atoms with E-state index < -0.39 is 0 Å². The van der Waals surface area contributed by atoms with Crippen LogP contribution in [0.1, 0.15) is 50.6 Å². The third kappa shape index (κ3) is 2.30. The first kappa shape index (κ1) is 13.2. The molecule has 0 saturated heterocycles. The molecule has 2 nitrogen and oxygen atoms in total. The fraction of sp³-hybridized carbons (Fsp3) is 0.500. The van der Waals surface area contributed by atoms with E-state index in [1.807, 2.05) is 7.05 Å². The molecule has 0 radical (unpaired) electrons. The zero-order valence-electron chi connectivity index (χ0n) is 12.2. The van der Waals surface area contributed by atoms with Crippen LogP contribution in [-0.4, -0.2) is 7.05 Å². The Kier molecular flexibility index (Phi) is 3.24. The van der Waals surface area contributed by atoms with Crippen molar-refractivity contribution in [3.05, 3.63) is 35.1 Å². The van der Waals surface area contributed by atoms with E-state index in [2.05, 4.69) is 58.1 Å². The van der Waals surface area contributed by atoms with Crippen molar-refractivity contribution in [2.75, 3.05) is 7.05 Å². The van der Waals surface area contributed by atoms with Crippen LogP contribution >= 0.6 is 0 Å². The van der Waals surface area contributed by atoms with Gasteiger partial charge >= 0.3 is 0 Å². The molecule has 1 aromatic heterocycles. The van der Waals surface area contributed by atoms with E-state index >= 15 is 0 Å². The van der Waals surface area contributed by atoms with Crippen molar-refractivity contribution in [2.45, 2.75) is 46.1 Å². The summed E-state index contributed by atoms with van der Waals surface area (Å²) in [4.78, 5) is 0. The molecule has 98 valence electrons. The second-order valence-corrected chi connectivity index (χ2v) is 6.12. The highest BCUT2D eigenvalue weighted by atomic mass is 16.3. The lowest BCUT2D eigenvalue weighted by Gasteiger charge is -2.19. The molecule has 0 amide bonds. The minimum absolute atomic E-state index is 0.172. The first-order valence-corrected chi connectivity index (χ1v) is 6.54. The first-order valence-electron chi connectivity index (χ1n) is 6.54. The van der Waals surface area contributed by atoms with E-state index in [4.69, 9.17) is 4.42 Å². The van der Waals surface area contributed by atoms with Crippen molar-refractivity contribution in [1.29, 1.82) is 0 Å². The summed E-state index contributed by atoms with van der Waals surface area (Å²) in [6.45, 7) is 11.0. The van der Waals surface area contributed by atoms with Crippen molar-refractivity contribution < 1.29 is 4.42 Å². The Balaban J connectivity index is 2.59. The molecule has 0 spiro atoms. The number of fused-ring (bicyclic) bond motifs is 1. The van der Waals surface area contributed by atoms with Crippen molar-refractivity contribution in [3.8, 4) is 0 Å². The Labute approximate surface area is 109 Å². The van der Waals surface area contributed by atoms with Crippen LogP contribution in [0, 0.1) is 6.92 Å². The molecule has 0 aliphatic carbocycles. The lowest BCUT2D eigenvalue weighted by molar-refractivity contribution is 0.474. The number of hydrogen-bond donors (Lipinski definition) is 1. The van der Waals surface area contributed by atoms with Gasteiger partial charge in [-0.15, -0.1) is 0 Å². The number of benzene rings is 1. The molecule has 1 N–H and O–H groups in total. The van der Waals surface area contributed by atoms with Crippen LogP contribution in [0.3, 0.4) is 0 Å². The summed E-state index contributed by atoms with van der Waals surface area (Å²) in [5.41, 5.74) is 3.76. The van der Waals surface area contributed by atoms with E-state index in [0.29, 0.717) is 0 Å². The highest BCUT2D eigenvalue weighted by Gasteiger charge is 2.18. The van der Waals surface area contributed by atoms with Gasteiger partial charge in [-0.1, -0.05) is 26.8 Å². The summed E-state index contributed by atoms with van der Waals surface area (Å²) in [5.74, 6) is 1.00. The summed E-state index contributed by atoms with van der Waals surface area (Å²) < 4.78 is 5.96. The number of nitrogens with one attached hydrogen (secondary N) is 1. The Hall–Kier alpha value is -1.28. The molecular formula is C16H23NO. The molecule has 2 aromatic rings. The van der Waals surface area contributed by atoms with Gasteiger partial charge in [-0.05, 0) is 49.6 Å². The van der Waals surface area contributed by atoms with Gasteiger partial charge in [0.1, 0.15) is 11.3 Å². The van der Waals surface area contributed by atoms with E-state index in [1.165, 1.54) is 16.5 Å². The highest BCUT2D eigenvalue weighted by molar-refractivity contribution is 5.82. The molecule has 2 rings (SSSR count). The fourth-order valence-corrected chi connectivity index (χ4v) is 2.14. The molecule has 0 saturated carbocycles. The molecule has 1 atom stereocenters. The average Bonchev–Trinajstić information content (AvgIpc) is 2.71. The molecule has 0 aliphatic heterocycles. The van der Waals surface area contributed by atoms with Crippen LogP contribution in [0.2, 0.25) is 0 Å². The lowest BCUT2D eigenvalue weighted by Crippen LogP contribution is -2.11. The summed E-state index contributed by atoms with van der Waals surface area (Å²) in [6.07, 6.45) is 0. The number of rotatable bonds is 2. The maximum atomic E-state index is 5.96. The normalized spacial score (nSPS) is 14.1. The molecule has 18 heavy (non-hydrogen) atoms. The quantitative estimate of drug-likeness (QED) is 0.852.